The molecule has 0 atom stereocenters. The van der Waals surface area contributed by atoms with E-state index in [-0.39, 0.29) is 26.4 Å². The lowest BCUT2D eigenvalue weighted by Crippen LogP contribution is -2.06. The van der Waals surface area contributed by atoms with Crippen molar-refractivity contribution < 1.29 is 28.0 Å². The van der Waals surface area contributed by atoms with Gasteiger partial charge in [0.15, 0.2) is 0 Å². The van der Waals surface area contributed by atoms with Crippen molar-refractivity contribution in [2.45, 2.75) is 13.8 Å². The van der Waals surface area contributed by atoms with E-state index in [4.69, 9.17) is 9.47 Å². The molecule has 0 N–H and O–H groups in total. The van der Waals surface area contributed by atoms with Crippen molar-refractivity contribution in [3.05, 3.63) is 0 Å². The second kappa shape index (κ2) is 9.27. The molecule has 0 aromatic heterocycles. The average Bonchev–Trinajstić information content (AvgIpc) is 2.20. The maximum Gasteiger partial charge on any atom is 0.502 e. The molecule has 1 radical (unpaired) electrons. The Balaban J connectivity index is 3.45. The van der Waals surface area contributed by atoms with Gasteiger partial charge in [0, 0.05) is 13.2 Å². The zero-order chi connectivity index (χ0) is 11.6. The van der Waals surface area contributed by atoms with Crippen LogP contribution in [0.2, 0.25) is 0 Å². The predicted molar refractivity (Wildman–Crippen MR) is 53.2 cm³/mol. The summed E-state index contributed by atoms with van der Waals surface area (Å²) in [6.45, 7) is 5.10. The second-order valence-electron chi connectivity index (χ2n) is 2.51. The van der Waals surface area contributed by atoms with E-state index < -0.39 is 7.82 Å². The lowest BCUT2D eigenvalue weighted by molar-refractivity contribution is 0.0558. The van der Waals surface area contributed by atoms with E-state index in [0.717, 1.165) is 0 Å². The zero-order valence-corrected chi connectivity index (χ0v) is 10.0. The summed E-state index contributed by atoms with van der Waals surface area (Å²) in [5.41, 5.74) is 0. The van der Waals surface area contributed by atoms with Crippen LogP contribution in [0.5, 0.6) is 0 Å². The van der Waals surface area contributed by atoms with E-state index in [1.165, 1.54) is 0 Å². The predicted octanol–water partition coefficient (Wildman–Crippen LogP) is 1.63. The van der Waals surface area contributed by atoms with E-state index in [1.807, 2.05) is 13.8 Å². The Morgan fingerprint density at radius 3 is 1.60 bits per heavy atom. The van der Waals surface area contributed by atoms with Gasteiger partial charge in [-0.15, -0.1) is 4.89 Å². The Kier molecular flexibility index (Phi) is 9.29. The van der Waals surface area contributed by atoms with Crippen molar-refractivity contribution in [3.8, 4) is 0 Å². The molecule has 0 rings (SSSR count). The van der Waals surface area contributed by atoms with Gasteiger partial charge in [-0.2, -0.15) is 0 Å². The quantitative estimate of drug-likeness (QED) is 0.429. The van der Waals surface area contributed by atoms with Crippen LogP contribution in [0.3, 0.4) is 0 Å². The van der Waals surface area contributed by atoms with Crippen molar-refractivity contribution >= 4 is 7.82 Å². The van der Waals surface area contributed by atoms with Gasteiger partial charge in [-0.1, -0.05) is 0 Å². The normalized spacial score (nSPS) is 11.9. The van der Waals surface area contributed by atoms with Gasteiger partial charge in [-0.05, 0) is 13.8 Å². The van der Waals surface area contributed by atoms with Crippen LogP contribution in [0.25, 0.3) is 0 Å². The second-order valence-corrected chi connectivity index (χ2v) is 3.92. The number of rotatable bonds is 10. The van der Waals surface area contributed by atoms with E-state index in [2.05, 4.69) is 9.05 Å². The largest absolute Gasteiger partial charge is 0.502 e. The van der Waals surface area contributed by atoms with Gasteiger partial charge >= 0.3 is 7.82 Å². The number of hydrogen-bond donors (Lipinski definition) is 0. The molecule has 0 fully saturated rings. The SMILES string of the molecule is CCOCCOP([O])(=O)OCCOCC. The third-order valence-electron chi connectivity index (χ3n) is 1.36. The minimum Gasteiger partial charge on any atom is -0.379 e. The first-order chi connectivity index (χ1) is 7.12. The summed E-state index contributed by atoms with van der Waals surface area (Å²) in [7, 11) is -4.18. The van der Waals surface area contributed by atoms with Crippen LogP contribution in [0.1, 0.15) is 13.8 Å². The van der Waals surface area contributed by atoms with Crippen molar-refractivity contribution in [2.75, 3.05) is 39.6 Å². The molecule has 91 valence electrons. The van der Waals surface area contributed by atoms with Gasteiger partial charge in [0.05, 0.1) is 26.4 Å². The molecule has 0 unspecified atom stereocenters. The minimum atomic E-state index is -4.18. The third-order valence-corrected chi connectivity index (χ3v) is 2.36. The van der Waals surface area contributed by atoms with Crippen molar-refractivity contribution in [3.63, 3.8) is 0 Å². The molecule has 0 saturated heterocycles. The highest BCUT2D eigenvalue weighted by Gasteiger charge is 2.22. The lowest BCUT2D eigenvalue weighted by Gasteiger charge is -2.10. The minimum absolute atomic E-state index is 0.0246. The molecule has 0 aliphatic heterocycles. The van der Waals surface area contributed by atoms with Gasteiger partial charge in [0.2, 0.25) is 0 Å². The van der Waals surface area contributed by atoms with Crippen LogP contribution >= 0.6 is 7.82 Å². The standard InChI is InChI=1S/C8H18O6P/c1-3-11-5-7-13-15(9,10)14-8-6-12-4-2/h3-8H2,1-2H3. The van der Waals surface area contributed by atoms with E-state index in [1.54, 1.807) is 0 Å². The van der Waals surface area contributed by atoms with Crippen LogP contribution < -0.4 is 0 Å². The van der Waals surface area contributed by atoms with Crippen LogP contribution in [-0.2, 0) is 28.0 Å². The van der Waals surface area contributed by atoms with E-state index in [0.29, 0.717) is 13.2 Å². The molecule has 0 spiro atoms. The molecule has 0 bridgehead atoms. The molecule has 0 heterocycles. The molecule has 0 aromatic rings. The van der Waals surface area contributed by atoms with E-state index >= 15 is 0 Å². The molecule has 15 heavy (non-hydrogen) atoms. The van der Waals surface area contributed by atoms with Crippen LogP contribution in [0, 0.1) is 0 Å². The van der Waals surface area contributed by atoms with Gasteiger partial charge in [-0.3, -0.25) is 9.05 Å². The smallest absolute Gasteiger partial charge is 0.379 e. The van der Waals surface area contributed by atoms with Crippen molar-refractivity contribution in [2.24, 2.45) is 0 Å². The topological polar surface area (TPSA) is 73.9 Å². The van der Waals surface area contributed by atoms with E-state index in [9.17, 15) is 9.46 Å². The van der Waals surface area contributed by atoms with Gasteiger partial charge in [0.25, 0.3) is 0 Å². The molecule has 0 amide bonds. The zero-order valence-electron chi connectivity index (χ0n) is 9.14. The summed E-state index contributed by atoms with van der Waals surface area (Å²) in [6.07, 6.45) is 0. The van der Waals surface area contributed by atoms with Gasteiger partial charge < -0.3 is 9.47 Å². The van der Waals surface area contributed by atoms with Gasteiger partial charge in [-0.25, -0.2) is 4.57 Å². The van der Waals surface area contributed by atoms with Crippen LogP contribution in [0.4, 0.5) is 0 Å². The molecule has 0 saturated carbocycles. The molecule has 7 heteroatoms. The van der Waals surface area contributed by atoms with Gasteiger partial charge in [0.1, 0.15) is 0 Å². The first kappa shape index (κ1) is 15.0. The Morgan fingerprint density at radius 1 is 0.867 bits per heavy atom. The Hall–Kier alpha value is 0.0300. The summed E-state index contributed by atoms with van der Waals surface area (Å²) in [5, 5.41) is 0. The average molecular weight is 241 g/mol. The molecule has 0 aliphatic rings. The summed E-state index contributed by atoms with van der Waals surface area (Å²) in [4.78, 5) is 11.0. The summed E-state index contributed by atoms with van der Waals surface area (Å²) in [6, 6.07) is 0. The fourth-order valence-corrected chi connectivity index (χ4v) is 1.41. The maximum atomic E-state index is 11.0. The maximum absolute atomic E-state index is 11.0. The Morgan fingerprint density at radius 2 is 1.27 bits per heavy atom. The first-order valence-corrected chi connectivity index (χ1v) is 6.34. The first-order valence-electron chi connectivity index (χ1n) is 4.88. The molecule has 0 aromatic carbocycles. The molecular weight excluding hydrogens is 223 g/mol. The van der Waals surface area contributed by atoms with Crippen LogP contribution in [-0.4, -0.2) is 39.6 Å². The Bertz CT molecular complexity index is 170. The highest BCUT2D eigenvalue weighted by molar-refractivity contribution is 7.47. The van der Waals surface area contributed by atoms with Crippen molar-refractivity contribution in [1.82, 2.24) is 0 Å². The fraction of sp³-hybridized carbons (Fsp3) is 1.00. The molecular formula is C8H18O6P. The summed E-state index contributed by atoms with van der Waals surface area (Å²) < 4.78 is 29.9. The molecule has 0 aliphatic carbocycles. The van der Waals surface area contributed by atoms with Crippen LogP contribution in [0.15, 0.2) is 0 Å². The fourth-order valence-electron chi connectivity index (χ4n) is 0.742. The number of hydrogen-bond acceptors (Lipinski definition) is 5. The highest BCUT2D eigenvalue weighted by atomic mass is 31.2. The summed E-state index contributed by atoms with van der Waals surface area (Å²) in [5.74, 6) is 0. The number of ether oxygens (including phenoxy) is 2. The third kappa shape index (κ3) is 10.3. The summed E-state index contributed by atoms with van der Waals surface area (Å²) >= 11 is 0. The monoisotopic (exact) mass is 241 g/mol. The van der Waals surface area contributed by atoms with Crippen molar-refractivity contribution in [1.29, 1.82) is 0 Å². The highest BCUT2D eigenvalue weighted by Crippen LogP contribution is 2.43. The Labute approximate surface area is 90.1 Å². The molecule has 6 nitrogen and oxygen atoms in total. The lowest BCUT2D eigenvalue weighted by atomic mass is 10.8.